The molecule has 0 fully saturated rings. The van der Waals surface area contributed by atoms with Crippen LogP contribution in [0.4, 0.5) is 8.78 Å². The van der Waals surface area contributed by atoms with Crippen LogP contribution in [0.15, 0.2) is 48.5 Å². The number of benzene rings is 3. The molecule has 0 radical (unpaired) electrons. The van der Waals surface area contributed by atoms with Gasteiger partial charge < -0.3 is 14.9 Å². The van der Waals surface area contributed by atoms with E-state index in [4.69, 9.17) is 33.0 Å². The number of phenols is 1. The predicted molar refractivity (Wildman–Crippen MR) is 124 cm³/mol. The van der Waals surface area contributed by atoms with Gasteiger partial charge in [0.25, 0.3) is 0 Å². The van der Waals surface area contributed by atoms with E-state index in [0.29, 0.717) is 11.1 Å². The van der Waals surface area contributed by atoms with E-state index >= 15 is 0 Å². The third kappa shape index (κ3) is 5.95. The summed E-state index contributed by atoms with van der Waals surface area (Å²) in [6, 6.07) is 12.4. The minimum Gasteiger partial charge on any atom is -0.508 e. The molecule has 1 atom stereocenters. The van der Waals surface area contributed by atoms with E-state index < -0.39 is 18.4 Å². The molecule has 4 nitrogen and oxygen atoms in total. The van der Waals surface area contributed by atoms with Crippen molar-refractivity contribution in [3.8, 4) is 11.5 Å². The van der Waals surface area contributed by atoms with Crippen LogP contribution in [0.2, 0.25) is 10.0 Å². The highest BCUT2D eigenvalue weighted by Crippen LogP contribution is 2.38. The van der Waals surface area contributed by atoms with Crippen LogP contribution >= 0.6 is 23.2 Å². The third-order valence-electron chi connectivity index (χ3n) is 5.27. The van der Waals surface area contributed by atoms with E-state index in [9.17, 15) is 18.7 Å². The lowest BCUT2D eigenvalue weighted by molar-refractivity contribution is -0.139. The van der Waals surface area contributed by atoms with Crippen LogP contribution < -0.4 is 4.74 Å². The summed E-state index contributed by atoms with van der Waals surface area (Å²) in [5, 5.41) is 19.1. The van der Waals surface area contributed by atoms with Gasteiger partial charge in [-0.1, -0.05) is 60.8 Å². The quantitative estimate of drug-likeness (QED) is 0.315. The van der Waals surface area contributed by atoms with Gasteiger partial charge in [-0.05, 0) is 41.3 Å². The fourth-order valence-corrected chi connectivity index (χ4v) is 4.27. The van der Waals surface area contributed by atoms with E-state index in [1.807, 2.05) is 6.92 Å². The lowest BCUT2D eigenvalue weighted by atomic mass is 9.85. The molecule has 2 N–H and O–H groups in total. The number of ether oxygens (including phenoxy) is 1. The second-order valence-electron chi connectivity index (χ2n) is 7.61. The Morgan fingerprint density at radius 1 is 1.09 bits per heavy atom. The van der Waals surface area contributed by atoms with Crippen molar-refractivity contribution in [2.24, 2.45) is 0 Å². The highest BCUT2D eigenvalue weighted by Gasteiger charge is 2.21. The summed E-state index contributed by atoms with van der Waals surface area (Å²) < 4.78 is 33.0. The van der Waals surface area contributed by atoms with Gasteiger partial charge in [-0.2, -0.15) is 0 Å². The second-order valence-corrected chi connectivity index (χ2v) is 8.39. The number of aliphatic carboxylic acids is 1. The average Bonchev–Trinajstić information content (AvgIpc) is 2.78. The molecule has 0 saturated carbocycles. The van der Waals surface area contributed by atoms with Crippen molar-refractivity contribution < 1.29 is 28.5 Å². The molecule has 0 amide bonds. The Labute approximate surface area is 200 Å². The van der Waals surface area contributed by atoms with Crippen molar-refractivity contribution in [1.82, 2.24) is 0 Å². The van der Waals surface area contributed by atoms with Crippen LogP contribution in [0, 0.1) is 11.6 Å². The Morgan fingerprint density at radius 3 is 2.42 bits per heavy atom. The van der Waals surface area contributed by atoms with Gasteiger partial charge in [0.05, 0.1) is 5.02 Å². The lowest BCUT2D eigenvalue weighted by Crippen LogP contribution is -2.11. The standard InChI is InChI=1S/C25H22Cl2F2O4/c1-2-3-17(15-5-7-16(28)8-6-15)18-10-14(4-9-21(18)30)11-19-20(26)12-22(25(29)24(19)27)33-13-23(31)32/h4-10,12,17,30H,2-3,11,13H2,1H3,(H,31,32). The highest BCUT2D eigenvalue weighted by atomic mass is 35.5. The van der Waals surface area contributed by atoms with Crippen molar-refractivity contribution in [3.05, 3.63) is 92.5 Å². The van der Waals surface area contributed by atoms with E-state index in [1.54, 1.807) is 30.3 Å². The topological polar surface area (TPSA) is 66.8 Å². The molecule has 0 spiro atoms. The second kappa shape index (κ2) is 10.9. The molecule has 3 aromatic rings. The van der Waals surface area contributed by atoms with Crippen LogP contribution in [0.5, 0.6) is 11.5 Å². The van der Waals surface area contributed by atoms with Crippen molar-refractivity contribution in [2.75, 3.05) is 6.61 Å². The van der Waals surface area contributed by atoms with Crippen LogP contribution in [-0.2, 0) is 11.2 Å². The van der Waals surface area contributed by atoms with Gasteiger partial charge in [-0.25, -0.2) is 13.6 Å². The number of carboxylic acids is 1. The van der Waals surface area contributed by atoms with Crippen LogP contribution in [0.1, 0.15) is 47.9 Å². The molecule has 0 heterocycles. The van der Waals surface area contributed by atoms with Crippen molar-refractivity contribution >= 4 is 29.2 Å². The fourth-order valence-electron chi connectivity index (χ4n) is 3.70. The maximum atomic E-state index is 14.6. The molecule has 174 valence electrons. The maximum absolute atomic E-state index is 14.6. The van der Waals surface area contributed by atoms with Crippen molar-refractivity contribution in [2.45, 2.75) is 32.1 Å². The van der Waals surface area contributed by atoms with Gasteiger partial charge in [-0.3, -0.25) is 0 Å². The van der Waals surface area contributed by atoms with E-state index in [2.05, 4.69) is 0 Å². The number of aromatic hydroxyl groups is 1. The van der Waals surface area contributed by atoms with Crippen molar-refractivity contribution in [1.29, 1.82) is 0 Å². The predicted octanol–water partition coefficient (Wildman–Crippen LogP) is 6.96. The number of carboxylic acid groups (broad SMARTS) is 1. The van der Waals surface area contributed by atoms with Gasteiger partial charge >= 0.3 is 5.97 Å². The molecule has 0 aliphatic heterocycles. The van der Waals surface area contributed by atoms with Gasteiger partial charge in [-0.15, -0.1) is 0 Å². The Kier molecular flexibility index (Phi) is 8.16. The number of halogens is 4. The normalized spacial score (nSPS) is 11.9. The van der Waals surface area contributed by atoms with Crippen LogP contribution in [-0.4, -0.2) is 22.8 Å². The highest BCUT2D eigenvalue weighted by molar-refractivity contribution is 6.36. The number of phenolic OH excluding ortho intramolecular Hbond substituents is 1. The first-order valence-corrected chi connectivity index (χ1v) is 11.0. The van der Waals surface area contributed by atoms with Crippen molar-refractivity contribution in [3.63, 3.8) is 0 Å². The number of hydrogen-bond acceptors (Lipinski definition) is 3. The lowest BCUT2D eigenvalue weighted by Gasteiger charge is -2.20. The zero-order chi connectivity index (χ0) is 24.1. The summed E-state index contributed by atoms with van der Waals surface area (Å²) in [5.41, 5.74) is 2.57. The fraction of sp³-hybridized carbons (Fsp3) is 0.240. The average molecular weight is 495 g/mol. The Hall–Kier alpha value is -2.83. The number of hydrogen-bond donors (Lipinski definition) is 2. The summed E-state index contributed by atoms with van der Waals surface area (Å²) in [6.07, 6.45) is 1.74. The molecule has 8 heteroatoms. The molecule has 3 rings (SSSR count). The molecule has 3 aromatic carbocycles. The molecule has 0 bridgehead atoms. The zero-order valence-corrected chi connectivity index (χ0v) is 19.3. The van der Waals surface area contributed by atoms with Gasteiger partial charge in [0.2, 0.25) is 0 Å². The van der Waals surface area contributed by atoms with E-state index in [0.717, 1.165) is 24.0 Å². The minimum atomic E-state index is -1.26. The summed E-state index contributed by atoms with van der Waals surface area (Å²) in [7, 11) is 0. The van der Waals surface area contributed by atoms with Crippen LogP contribution in [0.3, 0.4) is 0 Å². The molecule has 33 heavy (non-hydrogen) atoms. The van der Waals surface area contributed by atoms with E-state index in [-0.39, 0.29) is 39.7 Å². The SMILES string of the molecule is CCCC(c1ccc(F)cc1)c1cc(Cc2c(Cl)cc(OCC(=O)O)c(F)c2Cl)ccc1O. The van der Waals surface area contributed by atoms with Gasteiger partial charge in [0, 0.05) is 29.0 Å². The maximum Gasteiger partial charge on any atom is 0.341 e. The molecule has 0 saturated heterocycles. The largest absolute Gasteiger partial charge is 0.508 e. The zero-order valence-electron chi connectivity index (χ0n) is 17.7. The smallest absolute Gasteiger partial charge is 0.341 e. The summed E-state index contributed by atoms with van der Waals surface area (Å²) in [6.45, 7) is 1.29. The number of carbonyl (C=O) groups is 1. The van der Waals surface area contributed by atoms with Crippen LogP contribution in [0.25, 0.3) is 0 Å². The third-order valence-corrected chi connectivity index (χ3v) is 6.00. The first kappa shape index (κ1) is 24.8. The molecular weight excluding hydrogens is 473 g/mol. The van der Waals surface area contributed by atoms with Gasteiger partial charge in [0.1, 0.15) is 11.6 Å². The minimum absolute atomic E-state index is 0.0994. The molecule has 0 aliphatic carbocycles. The Bertz CT molecular complexity index is 1150. The monoisotopic (exact) mass is 494 g/mol. The molecular formula is C25H22Cl2F2O4. The first-order chi connectivity index (χ1) is 15.7. The number of rotatable bonds is 9. The van der Waals surface area contributed by atoms with Gasteiger partial charge in [0.15, 0.2) is 18.2 Å². The first-order valence-electron chi connectivity index (χ1n) is 10.3. The summed E-state index contributed by atoms with van der Waals surface area (Å²) >= 11 is 12.5. The van der Waals surface area contributed by atoms with E-state index in [1.165, 1.54) is 18.2 Å². The molecule has 0 aliphatic rings. The Balaban J connectivity index is 1.96. The summed E-state index contributed by atoms with van der Waals surface area (Å²) in [4.78, 5) is 10.7. The molecule has 0 aromatic heterocycles. The molecule has 1 unspecified atom stereocenters. The summed E-state index contributed by atoms with van der Waals surface area (Å²) in [5.74, 6) is -2.90. The Morgan fingerprint density at radius 2 is 1.79 bits per heavy atom.